The van der Waals surface area contributed by atoms with E-state index in [9.17, 15) is 13.2 Å². The molecule has 0 N–H and O–H groups in total. The Bertz CT molecular complexity index is 786. The van der Waals surface area contributed by atoms with Crippen LogP contribution in [0.2, 0.25) is 0 Å². The maximum atomic E-state index is 12.7. The first kappa shape index (κ1) is 15.2. The van der Waals surface area contributed by atoms with E-state index in [-0.39, 0.29) is 0 Å². The Morgan fingerprint density at radius 3 is 2.09 bits per heavy atom. The zero-order valence-electron chi connectivity index (χ0n) is 12.3. The monoisotopic (exact) mass is 317 g/mol. The highest BCUT2D eigenvalue weighted by atomic mass is 19.4. The highest BCUT2D eigenvalue weighted by Crippen LogP contribution is 2.31. The van der Waals surface area contributed by atoms with E-state index in [0.717, 1.165) is 34.8 Å². The van der Waals surface area contributed by atoms with Crippen molar-refractivity contribution in [3.8, 4) is 22.7 Å². The van der Waals surface area contributed by atoms with Crippen LogP contribution >= 0.6 is 0 Å². The van der Waals surface area contributed by atoms with Gasteiger partial charge >= 0.3 is 6.18 Å². The molecule has 2 aromatic carbocycles. The number of hydrogen-bond acceptors (Lipinski definition) is 1. The first-order chi connectivity index (χ1) is 11.0. The third-order valence-electron chi connectivity index (χ3n) is 3.61. The van der Waals surface area contributed by atoms with Crippen LogP contribution in [0.5, 0.6) is 5.75 Å². The second kappa shape index (κ2) is 5.83. The number of aromatic nitrogens is 1. The van der Waals surface area contributed by atoms with Crippen molar-refractivity contribution >= 4 is 0 Å². The second-order valence-electron chi connectivity index (χ2n) is 5.04. The molecule has 0 aliphatic heterocycles. The van der Waals surface area contributed by atoms with Gasteiger partial charge in [0.15, 0.2) is 0 Å². The molecule has 23 heavy (non-hydrogen) atoms. The zero-order valence-corrected chi connectivity index (χ0v) is 12.3. The molecule has 118 valence electrons. The highest BCUT2D eigenvalue weighted by Gasteiger charge is 2.30. The van der Waals surface area contributed by atoms with Gasteiger partial charge in [-0.25, -0.2) is 0 Å². The standard InChI is InChI=1S/C18H14F3NO/c1-23-16-10-8-15(9-11-16)22-12-2-3-17(22)13-4-6-14(7-5-13)18(19,20)21/h2-12H,1H3. The molecule has 0 fully saturated rings. The van der Waals surface area contributed by atoms with Gasteiger partial charge in [0.05, 0.1) is 18.4 Å². The van der Waals surface area contributed by atoms with Crippen LogP contribution in [-0.2, 0) is 6.18 Å². The molecule has 0 unspecified atom stereocenters. The van der Waals surface area contributed by atoms with Crippen LogP contribution in [0.4, 0.5) is 13.2 Å². The van der Waals surface area contributed by atoms with E-state index < -0.39 is 11.7 Å². The fraction of sp³-hybridized carbons (Fsp3) is 0.111. The number of methoxy groups -OCH3 is 1. The molecule has 5 heteroatoms. The van der Waals surface area contributed by atoms with Crippen molar-refractivity contribution in [2.24, 2.45) is 0 Å². The fourth-order valence-corrected chi connectivity index (χ4v) is 2.41. The summed E-state index contributed by atoms with van der Waals surface area (Å²) >= 11 is 0. The quantitative estimate of drug-likeness (QED) is 0.650. The molecule has 3 aromatic rings. The van der Waals surface area contributed by atoms with Crippen LogP contribution in [0.1, 0.15) is 5.56 Å². The van der Waals surface area contributed by atoms with Crippen molar-refractivity contribution in [2.75, 3.05) is 7.11 Å². The number of hydrogen-bond donors (Lipinski definition) is 0. The minimum Gasteiger partial charge on any atom is -0.497 e. The van der Waals surface area contributed by atoms with Gasteiger partial charge in [-0.05, 0) is 54.1 Å². The molecule has 1 aromatic heterocycles. The van der Waals surface area contributed by atoms with E-state index in [1.807, 2.05) is 47.2 Å². The SMILES string of the molecule is COc1ccc(-n2cccc2-c2ccc(C(F)(F)F)cc2)cc1. The van der Waals surface area contributed by atoms with Gasteiger partial charge < -0.3 is 9.30 Å². The first-order valence-electron chi connectivity index (χ1n) is 6.98. The largest absolute Gasteiger partial charge is 0.497 e. The Kier molecular flexibility index (Phi) is 3.86. The van der Waals surface area contributed by atoms with Crippen molar-refractivity contribution in [1.29, 1.82) is 0 Å². The fourth-order valence-electron chi connectivity index (χ4n) is 2.41. The lowest BCUT2D eigenvalue weighted by molar-refractivity contribution is -0.137. The molecule has 0 atom stereocenters. The summed E-state index contributed by atoms with van der Waals surface area (Å²) in [7, 11) is 1.60. The summed E-state index contributed by atoms with van der Waals surface area (Å²) in [4.78, 5) is 0. The van der Waals surface area contributed by atoms with Crippen LogP contribution < -0.4 is 4.74 Å². The van der Waals surface area contributed by atoms with Crippen LogP contribution in [-0.4, -0.2) is 11.7 Å². The van der Waals surface area contributed by atoms with E-state index in [4.69, 9.17) is 4.74 Å². The van der Waals surface area contributed by atoms with Gasteiger partial charge in [-0.3, -0.25) is 0 Å². The summed E-state index contributed by atoms with van der Waals surface area (Å²) < 4.78 is 45.0. The van der Waals surface area contributed by atoms with Gasteiger partial charge in [-0.1, -0.05) is 12.1 Å². The summed E-state index contributed by atoms with van der Waals surface area (Å²) in [5.41, 5.74) is 1.80. The number of halogens is 3. The zero-order chi connectivity index (χ0) is 16.4. The van der Waals surface area contributed by atoms with Gasteiger partial charge in [-0.15, -0.1) is 0 Å². The van der Waals surface area contributed by atoms with Crippen molar-refractivity contribution < 1.29 is 17.9 Å². The van der Waals surface area contributed by atoms with E-state index in [0.29, 0.717) is 0 Å². The summed E-state index contributed by atoms with van der Waals surface area (Å²) in [6, 6.07) is 16.4. The molecule has 0 aliphatic rings. The normalized spacial score (nSPS) is 11.5. The molecule has 1 heterocycles. The summed E-state index contributed by atoms with van der Waals surface area (Å²) in [6.07, 6.45) is -2.45. The molecule has 0 amide bonds. The van der Waals surface area contributed by atoms with E-state index in [2.05, 4.69) is 0 Å². The molecule has 0 saturated heterocycles. The number of nitrogens with zero attached hydrogens (tertiary/aromatic N) is 1. The Morgan fingerprint density at radius 1 is 0.870 bits per heavy atom. The summed E-state index contributed by atoms with van der Waals surface area (Å²) in [5.74, 6) is 0.747. The lowest BCUT2D eigenvalue weighted by Gasteiger charge is -2.12. The maximum Gasteiger partial charge on any atom is 0.416 e. The third kappa shape index (κ3) is 3.08. The van der Waals surface area contributed by atoms with Gasteiger partial charge in [0.2, 0.25) is 0 Å². The van der Waals surface area contributed by atoms with Gasteiger partial charge in [-0.2, -0.15) is 13.2 Å². The number of ether oxygens (including phenoxy) is 1. The van der Waals surface area contributed by atoms with Crippen LogP contribution in [0.25, 0.3) is 16.9 Å². The van der Waals surface area contributed by atoms with Crippen molar-refractivity contribution in [2.45, 2.75) is 6.18 Å². The third-order valence-corrected chi connectivity index (χ3v) is 3.61. The Hall–Kier alpha value is -2.69. The second-order valence-corrected chi connectivity index (χ2v) is 5.04. The molecule has 0 aliphatic carbocycles. The molecule has 0 radical (unpaired) electrons. The van der Waals surface area contributed by atoms with Crippen molar-refractivity contribution in [3.63, 3.8) is 0 Å². The topological polar surface area (TPSA) is 14.2 Å². The Labute approximate surface area is 131 Å². The van der Waals surface area contributed by atoms with E-state index >= 15 is 0 Å². The van der Waals surface area contributed by atoms with E-state index in [1.54, 1.807) is 7.11 Å². The minimum atomic E-state index is -4.32. The average molecular weight is 317 g/mol. The van der Waals surface area contributed by atoms with Crippen molar-refractivity contribution in [1.82, 2.24) is 4.57 Å². The molecule has 2 nitrogen and oxygen atoms in total. The van der Waals surface area contributed by atoms with Gasteiger partial charge in [0.25, 0.3) is 0 Å². The molecular weight excluding hydrogens is 303 g/mol. The Morgan fingerprint density at radius 2 is 1.52 bits per heavy atom. The first-order valence-corrected chi connectivity index (χ1v) is 6.98. The smallest absolute Gasteiger partial charge is 0.416 e. The van der Waals surface area contributed by atoms with Crippen LogP contribution in [0, 0.1) is 0 Å². The summed E-state index contributed by atoms with van der Waals surface area (Å²) in [6.45, 7) is 0. The molecule has 0 bridgehead atoms. The minimum absolute atomic E-state index is 0.649. The Balaban J connectivity index is 1.97. The predicted octanol–water partition coefficient (Wildman–Crippen LogP) is 5.17. The number of rotatable bonds is 3. The average Bonchev–Trinajstić information content (AvgIpc) is 3.04. The molecule has 0 spiro atoms. The number of alkyl halides is 3. The lowest BCUT2D eigenvalue weighted by atomic mass is 10.1. The lowest BCUT2D eigenvalue weighted by Crippen LogP contribution is -2.04. The maximum absolute atomic E-state index is 12.7. The predicted molar refractivity (Wildman–Crippen MR) is 82.8 cm³/mol. The van der Waals surface area contributed by atoms with Gasteiger partial charge in [0, 0.05) is 11.9 Å². The highest BCUT2D eigenvalue weighted by molar-refractivity contribution is 5.63. The summed E-state index contributed by atoms with van der Waals surface area (Å²) in [5, 5.41) is 0. The van der Waals surface area contributed by atoms with Crippen LogP contribution in [0.3, 0.4) is 0 Å². The van der Waals surface area contributed by atoms with E-state index in [1.165, 1.54) is 12.1 Å². The molecular formula is C18H14F3NO. The molecule has 0 saturated carbocycles. The van der Waals surface area contributed by atoms with Crippen LogP contribution in [0.15, 0.2) is 66.9 Å². The van der Waals surface area contributed by atoms with Crippen molar-refractivity contribution in [3.05, 3.63) is 72.4 Å². The number of benzene rings is 2. The molecule has 3 rings (SSSR count). The van der Waals surface area contributed by atoms with Gasteiger partial charge in [0.1, 0.15) is 5.75 Å².